The molecule has 122 valence electrons. The van der Waals surface area contributed by atoms with Gasteiger partial charge in [-0.2, -0.15) is 29.8 Å². The Labute approximate surface area is 161 Å². The van der Waals surface area contributed by atoms with Crippen molar-refractivity contribution in [2.24, 2.45) is 0 Å². The number of benzene rings is 2. The Balaban J connectivity index is 0.00000144. The molecule has 0 aliphatic carbocycles. The average molecular weight is 506 g/mol. The van der Waals surface area contributed by atoms with Crippen molar-refractivity contribution in [2.75, 3.05) is 6.26 Å². The summed E-state index contributed by atoms with van der Waals surface area (Å²) < 4.78 is 5.91. The standard InChI is InChI=1S/C19H16NOS.H2N.W/c1-14-4-3-5-15(12-14)19-13-17(10-11-20-19)21-16-6-8-18(22-2)9-7-16;;/h3,5-13H,1-2H3;1H2;/q2*-1;+2. The Bertz CT molecular complexity index is 778. The Morgan fingerprint density at radius 2 is 1.75 bits per heavy atom. The molecule has 5 heteroatoms. The van der Waals surface area contributed by atoms with Crippen molar-refractivity contribution in [2.45, 2.75) is 11.8 Å². The van der Waals surface area contributed by atoms with Crippen LogP contribution in [0.3, 0.4) is 0 Å². The van der Waals surface area contributed by atoms with E-state index in [0.29, 0.717) is 0 Å². The fraction of sp³-hybridized carbons (Fsp3) is 0.105. The molecule has 2 aromatic carbocycles. The third-order valence-electron chi connectivity index (χ3n) is 3.27. The summed E-state index contributed by atoms with van der Waals surface area (Å²) in [7, 11) is 0. The first-order chi connectivity index (χ1) is 10.7. The summed E-state index contributed by atoms with van der Waals surface area (Å²) in [6.45, 7) is 2.02. The first kappa shape index (κ1) is 20.4. The zero-order valence-electron chi connectivity index (χ0n) is 13.5. The predicted octanol–water partition coefficient (Wildman–Crippen LogP) is 6.09. The molecular weight excluding hydrogens is 488 g/mol. The number of hydrogen-bond donors (Lipinski definition) is 0. The number of ether oxygens (including phenoxy) is 1. The van der Waals surface area contributed by atoms with Gasteiger partial charge in [-0.3, -0.25) is 4.98 Å². The largest absolute Gasteiger partial charge is 2.00 e. The van der Waals surface area contributed by atoms with Crippen molar-refractivity contribution in [3.05, 3.63) is 78.6 Å². The number of pyridine rings is 1. The number of aromatic nitrogens is 1. The van der Waals surface area contributed by atoms with Gasteiger partial charge in [-0.25, -0.2) is 0 Å². The molecule has 0 saturated carbocycles. The summed E-state index contributed by atoms with van der Waals surface area (Å²) in [6, 6.07) is 21.0. The molecule has 1 aromatic heterocycles. The monoisotopic (exact) mass is 506 g/mol. The van der Waals surface area contributed by atoms with Gasteiger partial charge in [-0.05, 0) is 36.6 Å². The van der Waals surface area contributed by atoms with E-state index >= 15 is 0 Å². The topological polar surface area (TPSA) is 55.6 Å². The molecule has 0 aliphatic heterocycles. The van der Waals surface area contributed by atoms with Crippen LogP contribution in [0.4, 0.5) is 0 Å². The fourth-order valence-electron chi connectivity index (χ4n) is 2.16. The van der Waals surface area contributed by atoms with Crippen LogP contribution in [0.25, 0.3) is 17.4 Å². The van der Waals surface area contributed by atoms with Gasteiger partial charge in [-0.1, -0.05) is 6.92 Å². The average Bonchev–Trinajstić information content (AvgIpc) is 2.56. The van der Waals surface area contributed by atoms with Gasteiger partial charge in [0.25, 0.3) is 0 Å². The van der Waals surface area contributed by atoms with Gasteiger partial charge in [0.15, 0.2) is 0 Å². The van der Waals surface area contributed by atoms with Crippen LogP contribution in [0.5, 0.6) is 11.5 Å². The molecule has 0 radical (unpaired) electrons. The third-order valence-corrected chi connectivity index (χ3v) is 4.01. The number of nitrogens with two attached hydrogens (primary N) is 1. The van der Waals surface area contributed by atoms with E-state index in [0.717, 1.165) is 28.3 Å². The van der Waals surface area contributed by atoms with Crippen LogP contribution in [-0.2, 0) is 21.1 Å². The number of rotatable bonds is 4. The summed E-state index contributed by atoms with van der Waals surface area (Å²) in [6.07, 6.45) is 3.83. The molecule has 2 N–H and O–H groups in total. The van der Waals surface area contributed by atoms with E-state index < -0.39 is 0 Å². The van der Waals surface area contributed by atoms with Crippen LogP contribution in [0.1, 0.15) is 5.56 Å². The summed E-state index contributed by atoms with van der Waals surface area (Å²) in [5.74, 6) is 1.61. The van der Waals surface area contributed by atoms with Crippen molar-refractivity contribution in [3.8, 4) is 22.8 Å². The number of hydrogen-bond acceptors (Lipinski definition) is 3. The second kappa shape index (κ2) is 9.63. The zero-order valence-corrected chi connectivity index (χ0v) is 17.3. The molecule has 1 heterocycles. The second-order valence-electron chi connectivity index (χ2n) is 4.91. The molecule has 3 rings (SSSR count). The molecule has 0 atom stereocenters. The van der Waals surface area contributed by atoms with Crippen LogP contribution < -0.4 is 4.74 Å². The molecule has 0 aliphatic rings. The number of nitrogens with zero attached hydrogens (tertiary/aromatic N) is 1. The zero-order chi connectivity index (χ0) is 15.4. The molecule has 0 saturated heterocycles. The van der Waals surface area contributed by atoms with E-state index in [1.807, 2.05) is 43.3 Å². The first-order valence-electron chi connectivity index (χ1n) is 7.01. The van der Waals surface area contributed by atoms with E-state index in [1.165, 1.54) is 4.90 Å². The second-order valence-corrected chi connectivity index (χ2v) is 5.79. The molecule has 0 unspecified atom stereocenters. The Morgan fingerprint density at radius 3 is 2.42 bits per heavy atom. The van der Waals surface area contributed by atoms with E-state index in [-0.39, 0.29) is 27.2 Å². The minimum absolute atomic E-state index is 0. The van der Waals surface area contributed by atoms with Gasteiger partial charge in [0.2, 0.25) is 0 Å². The van der Waals surface area contributed by atoms with Crippen molar-refractivity contribution in [1.82, 2.24) is 4.98 Å². The minimum atomic E-state index is 0. The van der Waals surface area contributed by atoms with Gasteiger partial charge < -0.3 is 10.9 Å². The van der Waals surface area contributed by atoms with Crippen LogP contribution in [0.2, 0.25) is 0 Å². The molecule has 3 nitrogen and oxygen atoms in total. The fourth-order valence-corrected chi connectivity index (χ4v) is 2.57. The SMILES string of the molecule is CSc1ccc(Oc2ccnc(-c3cc[c-]c(C)c3)c2)cc1.[NH2-].[W+2]. The van der Waals surface area contributed by atoms with Gasteiger partial charge >= 0.3 is 21.1 Å². The predicted molar refractivity (Wildman–Crippen MR) is 96.8 cm³/mol. The minimum Gasteiger partial charge on any atom is -0.693 e. The molecule has 0 amide bonds. The molecule has 3 aromatic rings. The van der Waals surface area contributed by atoms with Crippen LogP contribution in [-0.4, -0.2) is 11.2 Å². The van der Waals surface area contributed by atoms with Crippen molar-refractivity contribution in [3.63, 3.8) is 0 Å². The summed E-state index contributed by atoms with van der Waals surface area (Å²) >= 11 is 1.72. The number of thioether (sulfide) groups is 1. The van der Waals surface area contributed by atoms with E-state index in [1.54, 1.807) is 18.0 Å². The van der Waals surface area contributed by atoms with Crippen LogP contribution in [0.15, 0.2) is 65.7 Å². The molecule has 0 fully saturated rings. The van der Waals surface area contributed by atoms with Gasteiger partial charge in [0.05, 0.1) is 0 Å². The molecule has 24 heavy (non-hydrogen) atoms. The summed E-state index contributed by atoms with van der Waals surface area (Å²) in [5.41, 5.74) is 3.06. The smallest absolute Gasteiger partial charge is 0.693 e. The molecule has 0 spiro atoms. The van der Waals surface area contributed by atoms with E-state index in [9.17, 15) is 0 Å². The van der Waals surface area contributed by atoms with Crippen LogP contribution >= 0.6 is 11.8 Å². The maximum Gasteiger partial charge on any atom is 2.00 e. The van der Waals surface area contributed by atoms with Crippen LogP contribution in [0, 0.1) is 13.0 Å². The first-order valence-corrected chi connectivity index (χ1v) is 8.24. The Kier molecular flexibility index (Phi) is 8.20. The van der Waals surface area contributed by atoms with E-state index in [4.69, 9.17) is 4.74 Å². The van der Waals surface area contributed by atoms with Crippen molar-refractivity contribution < 1.29 is 25.8 Å². The maximum atomic E-state index is 5.91. The molecule has 0 bridgehead atoms. The van der Waals surface area contributed by atoms with Gasteiger partial charge in [-0.15, -0.1) is 17.3 Å². The quantitative estimate of drug-likeness (QED) is 0.318. The third kappa shape index (κ3) is 5.20. The van der Waals surface area contributed by atoms with Crippen molar-refractivity contribution >= 4 is 11.8 Å². The van der Waals surface area contributed by atoms with Gasteiger partial charge in [0, 0.05) is 22.9 Å². The van der Waals surface area contributed by atoms with Gasteiger partial charge in [0.1, 0.15) is 11.5 Å². The van der Waals surface area contributed by atoms with E-state index in [2.05, 4.69) is 35.5 Å². The maximum absolute atomic E-state index is 5.91. The summed E-state index contributed by atoms with van der Waals surface area (Å²) in [5, 5.41) is 0. The number of aryl methyl sites for hydroxylation is 1. The van der Waals surface area contributed by atoms with Crippen molar-refractivity contribution in [1.29, 1.82) is 0 Å². The molecular formula is C19H18N2OSW. The normalized spacial score (nSPS) is 9.58. The Morgan fingerprint density at radius 1 is 1.00 bits per heavy atom. The summed E-state index contributed by atoms with van der Waals surface area (Å²) in [4.78, 5) is 5.64. The Hall–Kier alpha value is -1.61.